The Morgan fingerprint density at radius 2 is 1.46 bits per heavy atom. The first-order valence-corrected chi connectivity index (χ1v) is 5.42. The minimum absolute atomic E-state index is 0.303. The van der Waals surface area contributed by atoms with E-state index in [-0.39, 0.29) is 4.87 Å². The van der Waals surface area contributed by atoms with Crippen molar-refractivity contribution < 1.29 is 10.2 Å². The largest absolute Gasteiger partial charge is 0.390 e. The van der Waals surface area contributed by atoms with Gasteiger partial charge in [0.05, 0.1) is 16.1 Å². The number of rotatable bonds is 0. The Bertz CT molecular complexity index is 215. The molecule has 0 heterocycles. The van der Waals surface area contributed by atoms with Crippen LogP contribution in [0, 0.1) is 5.92 Å². The topological polar surface area (TPSA) is 40.5 Å². The van der Waals surface area contributed by atoms with Gasteiger partial charge in [0.2, 0.25) is 0 Å². The molecule has 4 aliphatic rings. The number of hydrogen-bond donors (Lipinski definition) is 2. The molecule has 3 heteroatoms. The Morgan fingerprint density at radius 3 is 1.85 bits per heavy atom. The normalized spacial score (nSPS) is 64.4. The third kappa shape index (κ3) is 1.15. The smallest absolute Gasteiger partial charge is 0.0694 e. The second-order valence-electron chi connectivity index (χ2n) is 5.61. The summed E-state index contributed by atoms with van der Waals surface area (Å²) in [6, 6.07) is 0. The van der Waals surface area contributed by atoms with Crippen LogP contribution < -0.4 is 0 Å². The van der Waals surface area contributed by atoms with Gasteiger partial charge in [0.1, 0.15) is 0 Å². The third-order valence-corrected chi connectivity index (χ3v) is 4.36. The highest BCUT2D eigenvalue weighted by Crippen LogP contribution is 2.61. The van der Waals surface area contributed by atoms with Crippen molar-refractivity contribution in [3.8, 4) is 0 Å². The average molecular weight is 203 g/mol. The first kappa shape index (κ1) is 8.51. The molecule has 4 aliphatic carbocycles. The number of alkyl halides is 1. The van der Waals surface area contributed by atoms with Crippen LogP contribution in [0.15, 0.2) is 0 Å². The molecule has 0 aromatic carbocycles. The SMILES string of the molecule is OC12CC3CC(O)(C1)CC(Cl)(C3)C2. The molecule has 0 saturated heterocycles. The predicted octanol–water partition coefficient (Wildman–Crippen LogP) is 1.42. The number of aliphatic hydroxyl groups is 2. The van der Waals surface area contributed by atoms with E-state index >= 15 is 0 Å². The van der Waals surface area contributed by atoms with Crippen LogP contribution in [0.25, 0.3) is 0 Å². The summed E-state index contributed by atoms with van der Waals surface area (Å²) in [7, 11) is 0. The Hall–Kier alpha value is 0.210. The molecular formula is C10H15ClO2. The maximum atomic E-state index is 10.2. The predicted molar refractivity (Wildman–Crippen MR) is 49.7 cm³/mol. The van der Waals surface area contributed by atoms with Gasteiger partial charge in [-0.05, 0) is 38.0 Å². The molecule has 4 bridgehead atoms. The monoisotopic (exact) mass is 202 g/mol. The van der Waals surface area contributed by atoms with E-state index in [2.05, 4.69) is 0 Å². The lowest BCUT2D eigenvalue weighted by atomic mass is 9.52. The van der Waals surface area contributed by atoms with Gasteiger partial charge in [-0.25, -0.2) is 0 Å². The fourth-order valence-electron chi connectivity index (χ4n) is 4.22. The molecule has 2 nitrogen and oxygen atoms in total. The van der Waals surface area contributed by atoms with E-state index in [0.29, 0.717) is 25.2 Å². The third-order valence-electron chi connectivity index (χ3n) is 3.94. The van der Waals surface area contributed by atoms with Crippen LogP contribution in [0.5, 0.6) is 0 Å². The van der Waals surface area contributed by atoms with Gasteiger partial charge >= 0.3 is 0 Å². The van der Waals surface area contributed by atoms with E-state index in [1.165, 1.54) is 0 Å². The van der Waals surface area contributed by atoms with E-state index in [4.69, 9.17) is 11.6 Å². The highest BCUT2D eigenvalue weighted by molar-refractivity contribution is 6.24. The quantitative estimate of drug-likeness (QED) is 0.584. The van der Waals surface area contributed by atoms with Crippen molar-refractivity contribution in [1.82, 2.24) is 0 Å². The van der Waals surface area contributed by atoms with E-state index < -0.39 is 11.2 Å². The maximum Gasteiger partial charge on any atom is 0.0694 e. The molecule has 4 saturated carbocycles. The zero-order valence-corrected chi connectivity index (χ0v) is 8.35. The minimum Gasteiger partial charge on any atom is -0.390 e. The van der Waals surface area contributed by atoms with Crippen molar-refractivity contribution in [3.05, 3.63) is 0 Å². The fraction of sp³-hybridized carbons (Fsp3) is 1.00. The number of hydrogen-bond acceptors (Lipinski definition) is 2. The second-order valence-corrected chi connectivity index (χ2v) is 6.41. The standard InChI is InChI=1S/C10H15ClO2/c11-8-1-7-2-9(12,4-8)6-10(13,3-7)5-8/h7,12-13H,1-6H2. The Kier molecular flexibility index (Phi) is 1.36. The molecule has 0 spiro atoms. The molecule has 4 fully saturated rings. The van der Waals surface area contributed by atoms with Crippen molar-refractivity contribution in [2.75, 3.05) is 0 Å². The average Bonchev–Trinajstić information content (AvgIpc) is 1.71. The molecule has 0 radical (unpaired) electrons. The highest BCUT2D eigenvalue weighted by atomic mass is 35.5. The lowest BCUT2D eigenvalue weighted by Crippen LogP contribution is -2.64. The summed E-state index contributed by atoms with van der Waals surface area (Å²) in [6.07, 6.45) is 4.60. The molecule has 0 aliphatic heterocycles. The van der Waals surface area contributed by atoms with Gasteiger partial charge < -0.3 is 10.2 Å². The Morgan fingerprint density at radius 1 is 0.923 bits per heavy atom. The summed E-state index contributed by atoms with van der Waals surface area (Å²) in [5, 5.41) is 20.4. The van der Waals surface area contributed by atoms with Crippen LogP contribution in [-0.4, -0.2) is 26.3 Å². The van der Waals surface area contributed by atoms with Crippen molar-refractivity contribution in [2.24, 2.45) is 5.92 Å². The lowest BCUT2D eigenvalue weighted by molar-refractivity contribution is -0.191. The molecule has 13 heavy (non-hydrogen) atoms. The summed E-state index contributed by atoms with van der Waals surface area (Å²) < 4.78 is 0. The molecule has 0 aromatic heterocycles. The van der Waals surface area contributed by atoms with Crippen molar-refractivity contribution in [2.45, 2.75) is 54.6 Å². The minimum atomic E-state index is -0.657. The Balaban J connectivity index is 2.03. The maximum absolute atomic E-state index is 10.2. The van der Waals surface area contributed by atoms with Crippen LogP contribution in [0.2, 0.25) is 0 Å². The van der Waals surface area contributed by atoms with Crippen molar-refractivity contribution in [1.29, 1.82) is 0 Å². The zero-order chi connectivity index (χ0) is 9.32. The molecule has 4 rings (SSSR count). The van der Waals surface area contributed by atoms with Gasteiger partial charge in [-0.15, -0.1) is 11.6 Å². The molecule has 2 unspecified atom stereocenters. The van der Waals surface area contributed by atoms with Crippen molar-refractivity contribution in [3.63, 3.8) is 0 Å². The Labute approximate surface area is 82.9 Å². The van der Waals surface area contributed by atoms with Gasteiger partial charge in [-0.2, -0.15) is 0 Å². The van der Waals surface area contributed by atoms with Crippen molar-refractivity contribution >= 4 is 11.6 Å². The zero-order valence-electron chi connectivity index (χ0n) is 7.59. The first-order valence-electron chi connectivity index (χ1n) is 5.04. The molecule has 0 aromatic rings. The van der Waals surface area contributed by atoms with Gasteiger partial charge in [0.15, 0.2) is 0 Å². The van der Waals surface area contributed by atoms with Crippen LogP contribution in [0.3, 0.4) is 0 Å². The van der Waals surface area contributed by atoms with Gasteiger partial charge in [-0.1, -0.05) is 0 Å². The lowest BCUT2D eigenvalue weighted by Gasteiger charge is -2.61. The molecule has 2 atom stereocenters. The molecule has 74 valence electrons. The number of halogens is 1. The van der Waals surface area contributed by atoms with E-state index in [0.717, 1.165) is 19.3 Å². The summed E-state index contributed by atoms with van der Waals surface area (Å²) in [5.41, 5.74) is -1.31. The van der Waals surface area contributed by atoms with Gasteiger partial charge in [-0.3, -0.25) is 0 Å². The van der Waals surface area contributed by atoms with Crippen LogP contribution in [-0.2, 0) is 0 Å². The van der Waals surface area contributed by atoms with Gasteiger partial charge in [0.25, 0.3) is 0 Å². The molecule has 2 N–H and O–H groups in total. The second kappa shape index (κ2) is 2.07. The first-order chi connectivity index (χ1) is 5.91. The van der Waals surface area contributed by atoms with Crippen LogP contribution >= 0.6 is 11.6 Å². The summed E-state index contributed by atoms with van der Waals surface area (Å²) >= 11 is 6.39. The van der Waals surface area contributed by atoms with Crippen LogP contribution in [0.4, 0.5) is 0 Å². The highest BCUT2D eigenvalue weighted by Gasteiger charge is 2.62. The summed E-state index contributed by atoms with van der Waals surface area (Å²) in [4.78, 5) is -0.303. The van der Waals surface area contributed by atoms with E-state index in [1.54, 1.807) is 0 Å². The van der Waals surface area contributed by atoms with E-state index in [1.807, 2.05) is 0 Å². The summed E-state index contributed by atoms with van der Waals surface area (Å²) in [6.45, 7) is 0. The van der Waals surface area contributed by atoms with Crippen LogP contribution in [0.1, 0.15) is 38.5 Å². The molecule has 0 amide bonds. The summed E-state index contributed by atoms with van der Waals surface area (Å²) in [5.74, 6) is 0.448. The fourth-order valence-corrected chi connectivity index (χ4v) is 4.94. The van der Waals surface area contributed by atoms with Gasteiger partial charge in [0, 0.05) is 6.42 Å². The van der Waals surface area contributed by atoms with E-state index in [9.17, 15) is 10.2 Å². The molecular weight excluding hydrogens is 188 g/mol.